The molecule has 0 bridgehead atoms. The van der Waals surface area contributed by atoms with Crippen LogP contribution < -0.4 is 10.1 Å². The lowest BCUT2D eigenvalue weighted by atomic mass is 9.97. The second kappa shape index (κ2) is 11.6. The molecule has 35 heavy (non-hydrogen) atoms. The lowest BCUT2D eigenvalue weighted by Crippen LogP contribution is -2.31. The fraction of sp³-hybridized carbons (Fsp3) is 0.462. The molecule has 1 fully saturated rings. The topological polar surface area (TPSA) is 85.2 Å². The van der Waals surface area contributed by atoms with Crippen molar-refractivity contribution >= 4 is 29.0 Å². The predicted molar refractivity (Wildman–Crippen MR) is 138 cm³/mol. The van der Waals surface area contributed by atoms with Crippen LogP contribution in [0.4, 0.5) is 11.6 Å². The van der Waals surface area contributed by atoms with Gasteiger partial charge in [-0.25, -0.2) is 9.97 Å². The Kier molecular flexibility index (Phi) is 8.36. The molecule has 0 unspecified atom stereocenters. The van der Waals surface area contributed by atoms with E-state index in [4.69, 9.17) is 16.3 Å². The highest BCUT2D eigenvalue weighted by molar-refractivity contribution is 6.33. The number of Topliss-reactive ketones (excluding diaryl/α,β-unsaturated/α-hetero) is 1. The molecular weight excluding hydrogens is 464 g/mol. The summed E-state index contributed by atoms with van der Waals surface area (Å²) >= 11 is 6.49. The van der Waals surface area contributed by atoms with Crippen molar-refractivity contribution in [2.45, 2.75) is 45.6 Å². The van der Waals surface area contributed by atoms with Crippen molar-refractivity contribution in [1.82, 2.24) is 24.6 Å². The van der Waals surface area contributed by atoms with Gasteiger partial charge in [-0.1, -0.05) is 18.5 Å². The van der Waals surface area contributed by atoms with Gasteiger partial charge in [-0.2, -0.15) is 5.10 Å². The molecule has 1 N–H and O–H groups in total. The molecule has 4 rings (SSSR count). The van der Waals surface area contributed by atoms with E-state index < -0.39 is 0 Å². The normalized spacial score (nSPS) is 14.7. The molecule has 186 valence electrons. The van der Waals surface area contributed by atoms with Crippen molar-refractivity contribution < 1.29 is 9.53 Å². The minimum Gasteiger partial charge on any atom is -0.495 e. The molecule has 3 aromatic rings. The van der Waals surface area contributed by atoms with Gasteiger partial charge in [0.1, 0.15) is 5.75 Å². The number of benzene rings is 1. The third-order valence-electron chi connectivity index (χ3n) is 6.54. The number of hydrogen-bond acceptors (Lipinski definition) is 7. The van der Waals surface area contributed by atoms with Crippen LogP contribution in [0.1, 0.15) is 47.7 Å². The van der Waals surface area contributed by atoms with E-state index >= 15 is 0 Å². The zero-order valence-electron chi connectivity index (χ0n) is 20.6. The number of aryl methyl sites for hydroxylation is 2. The molecule has 3 heterocycles. The second-order valence-corrected chi connectivity index (χ2v) is 9.54. The van der Waals surface area contributed by atoms with Crippen LogP contribution in [0.15, 0.2) is 36.9 Å². The minimum absolute atomic E-state index is 0.0645. The maximum Gasteiger partial charge on any atom is 0.227 e. The first-order valence-corrected chi connectivity index (χ1v) is 12.5. The minimum atomic E-state index is 0.0645. The number of likely N-dealkylation sites (tertiary alicyclic amines) is 1. The molecule has 2 aromatic heterocycles. The van der Waals surface area contributed by atoms with E-state index in [2.05, 4.69) is 32.3 Å². The summed E-state index contributed by atoms with van der Waals surface area (Å²) in [6.45, 7) is 5.09. The number of hydrogen-bond donors (Lipinski definition) is 1. The van der Waals surface area contributed by atoms with Gasteiger partial charge in [0.25, 0.3) is 0 Å². The second-order valence-electron chi connectivity index (χ2n) is 9.17. The fourth-order valence-electron chi connectivity index (χ4n) is 4.34. The number of rotatable bonds is 10. The Bertz CT molecular complexity index is 1140. The third kappa shape index (κ3) is 6.58. The summed E-state index contributed by atoms with van der Waals surface area (Å²) in [6, 6.07) is 3.56. The van der Waals surface area contributed by atoms with E-state index in [0.717, 1.165) is 36.4 Å². The highest BCUT2D eigenvalue weighted by Crippen LogP contribution is 2.31. The molecule has 9 heteroatoms. The van der Waals surface area contributed by atoms with Gasteiger partial charge in [0, 0.05) is 37.1 Å². The van der Waals surface area contributed by atoms with E-state index in [-0.39, 0.29) is 5.78 Å². The van der Waals surface area contributed by atoms with Crippen molar-refractivity contribution in [3.05, 3.63) is 58.6 Å². The van der Waals surface area contributed by atoms with E-state index in [1.807, 2.05) is 42.5 Å². The quantitative estimate of drug-likeness (QED) is 0.403. The Morgan fingerprint density at radius 3 is 2.60 bits per heavy atom. The molecule has 8 nitrogen and oxygen atoms in total. The predicted octanol–water partition coefficient (Wildman–Crippen LogP) is 4.80. The Balaban J connectivity index is 1.34. The zero-order valence-corrected chi connectivity index (χ0v) is 21.4. The van der Waals surface area contributed by atoms with E-state index in [0.29, 0.717) is 47.5 Å². The molecule has 0 aliphatic carbocycles. The number of halogens is 1. The summed E-state index contributed by atoms with van der Waals surface area (Å²) in [7, 11) is 3.74. The Labute approximate surface area is 211 Å². The van der Waals surface area contributed by atoms with Crippen LogP contribution in [0.2, 0.25) is 5.02 Å². The molecule has 1 saturated heterocycles. The van der Waals surface area contributed by atoms with Crippen LogP contribution in [0, 0.1) is 5.92 Å². The summed E-state index contributed by atoms with van der Waals surface area (Å²) in [5.74, 6) is 1.79. The number of piperidine rings is 1. The standard InChI is InChI=1S/C26H33ClN6O2/c1-4-23(34)21-11-20(25(27)24(12-21)35-3)6-5-19-13-28-26(29-14-19)31-22-15-30-33(17-22)16-18-7-9-32(2)10-8-18/h11-15,17-18H,4-10,16H2,1-3H3,(H,28,29,31). The average Bonchev–Trinajstić information content (AvgIpc) is 3.31. The summed E-state index contributed by atoms with van der Waals surface area (Å²) in [6.07, 6.45) is 11.6. The monoisotopic (exact) mass is 496 g/mol. The number of anilines is 2. The maximum atomic E-state index is 12.2. The van der Waals surface area contributed by atoms with Gasteiger partial charge in [0.05, 0.1) is 24.0 Å². The summed E-state index contributed by atoms with van der Waals surface area (Å²) in [5, 5.41) is 8.26. The molecule has 0 amide bonds. The van der Waals surface area contributed by atoms with E-state index in [9.17, 15) is 4.79 Å². The van der Waals surface area contributed by atoms with Crippen molar-refractivity contribution in [3.63, 3.8) is 0 Å². The summed E-state index contributed by atoms with van der Waals surface area (Å²) < 4.78 is 7.37. The van der Waals surface area contributed by atoms with Gasteiger partial charge in [-0.05, 0) is 75.0 Å². The number of nitrogens with one attached hydrogen (secondary N) is 1. The molecule has 1 aliphatic heterocycles. The van der Waals surface area contributed by atoms with Gasteiger partial charge in [0.2, 0.25) is 5.95 Å². The van der Waals surface area contributed by atoms with Crippen LogP contribution in [-0.2, 0) is 19.4 Å². The summed E-state index contributed by atoms with van der Waals surface area (Å²) in [5.41, 5.74) is 3.36. The average molecular weight is 497 g/mol. The molecule has 0 saturated carbocycles. The SMILES string of the molecule is CCC(=O)c1cc(CCc2cnc(Nc3cnn(CC4CCN(C)CC4)c3)nc2)c(Cl)c(OC)c1. The Hall–Kier alpha value is -2.97. The van der Waals surface area contributed by atoms with Gasteiger partial charge in [0.15, 0.2) is 5.78 Å². The highest BCUT2D eigenvalue weighted by atomic mass is 35.5. The van der Waals surface area contributed by atoms with Crippen molar-refractivity contribution in [2.24, 2.45) is 5.92 Å². The Morgan fingerprint density at radius 1 is 1.17 bits per heavy atom. The van der Waals surface area contributed by atoms with Crippen molar-refractivity contribution in [1.29, 1.82) is 0 Å². The number of ether oxygens (including phenoxy) is 1. The molecule has 0 radical (unpaired) electrons. The van der Waals surface area contributed by atoms with Crippen LogP contribution in [0.25, 0.3) is 0 Å². The number of methoxy groups -OCH3 is 1. The number of carbonyl (C=O) groups is 1. The van der Waals surface area contributed by atoms with Crippen LogP contribution >= 0.6 is 11.6 Å². The van der Waals surface area contributed by atoms with Crippen LogP contribution in [0.5, 0.6) is 5.75 Å². The number of carbonyl (C=O) groups excluding carboxylic acids is 1. The van der Waals surface area contributed by atoms with E-state index in [1.54, 1.807) is 13.2 Å². The highest BCUT2D eigenvalue weighted by Gasteiger charge is 2.17. The third-order valence-corrected chi connectivity index (χ3v) is 6.97. The first-order valence-electron chi connectivity index (χ1n) is 12.1. The van der Waals surface area contributed by atoms with Gasteiger partial charge in [-0.15, -0.1) is 0 Å². The van der Waals surface area contributed by atoms with E-state index in [1.165, 1.54) is 12.8 Å². The maximum absolute atomic E-state index is 12.2. The van der Waals surface area contributed by atoms with Gasteiger partial charge >= 0.3 is 0 Å². The van der Waals surface area contributed by atoms with Crippen LogP contribution in [-0.4, -0.2) is 57.7 Å². The largest absolute Gasteiger partial charge is 0.495 e. The van der Waals surface area contributed by atoms with Crippen LogP contribution in [0.3, 0.4) is 0 Å². The molecule has 0 spiro atoms. The zero-order chi connectivity index (χ0) is 24.8. The fourth-order valence-corrected chi connectivity index (χ4v) is 4.63. The lowest BCUT2D eigenvalue weighted by molar-refractivity contribution is 0.0987. The number of ketones is 1. The molecular formula is C26H33ClN6O2. The summed E-state index contributed by atoms with van der Waals surface area (Å²) in [4.78, 5) is 23.5. The van der Waals surface area contributed by atoms with Gasteiger partial charge < -0.3 is 15.0 Å². The van der Waals surface area contributed by atoms with Crippen molar-refractivity contribution in [2.75, 3.05) is 32.6 Å². The molecule has 1 aliphatic rings. The first kappa shape index (κ1) is 25.1. The number of aromatic nitrogens is 4. The smallest absolute Gasteiger partial charge is 0.227 e. The molecule has 1 aromatic carbocycles. The van der Waals surface area contributed by atoms with Crippen molar-refractivity contribution in [3.8, 4) is 5.75 Å². The first-order chi connectivity index (χ1) is 16.9. The Morgan fingerprint density at radius 2 is 1.91 bits per heavy atom. The lowest BCUT2D eigenvalue weighted by Gasteiger charge is -2.28. The molecule has 0 atom stereocenters. The van der Waals surface area contributed by atoms with Gasteiger partial charge in [-0.3, -0.25) is 9.48 Å². The number of nitrogens with zero attached hydrogens (tertiary/aromatic N) is 5.